The lowest BCUT2D eigenvalue weighted by atomic mass is 10.0. The molecule has 11 N–H and O–H groups in total. The van der Waals surface area contributed by atoms with Gasteiger partial charge in [0.1, 0.15) is 24.4 Å². The van der Waals surface area contributed by atoms with Crippen LogP contribution in [0.3, 0.4) is 0 Å². The van der Waals surface area contributed by atoms with Crippen molar-refractivity contribution < 1.29 is 29.4 Å². The molecule has 2 atom stereocenters. The van der Waals surface area contributed by atoms with Crippen molar-refractivity contribution in [2.24, 2.45) is 22.2 Å². The van der Waals surface area contributed by atoms with Gasteiger partial charge in [0.2, 0.25) is 17.7 Å². The van der Waals surface area contributed by atoms with E-state index >= 15 is 0 Å². The number of aliphatic carboxylic acids is 1. The van der Waals surface area contributed by atoms with Gasteiger partial charge in [-0.25, -0.2) is 0 Å². The number of amides is 3. The van der Waals surface area contributed by atoms with Crippen LogP contribution in [0.15, 0.2) is 29.3 Å². The fourth-order valence-corrected chi connectivity index (χ4v) is 2.66. The van der Waals surface area contributed by atoms with Crippen molar-refractivity contribution in [3.63, 3.8) is 0 Å². The standard InChI is InChI=1S/C19H29N7O6/c20-9-15(28)25-13(2-1-7-23-19(21)22)18(32)26-14(17(31)24-10-16(29)30)8-11-3-5-12(27)6-4-11/h3-6,13-14,27H,1-2,7-10,20H2,(H,24,31)(H,25,28)(H,26,32)(H,29,30)(H4,21,22,23). The fraction of sp³-hybridized carbons (Fsp3) is 0.421. The molecular formula is C19H29N7O6. The summed E-state index contributed by atoms with van der Waals surface area (Å²) in [5.74, 6) is -3.29. The minimum atomic E-state index is -1.25. The molecule has 0 bridgehead atoms. The van der Waals surface area contributed by atoms with Crippen LogP contribution in [0, 0.1) is 0 Å². The van der Waals surface area contributed by atoms with E-state index in [1.165, 1.54) is 12.1 Å². The van der Waals surface area contributed by atoms with Crippen LogP contribution < -0.4 is 33.2 Å². The summed E-state index contributed by atoms with van der Waals surface area (Å²) in [7, 11) is 0. The molecule has 1 rings (SSSR count). The summed E-state index contributed by atoms with van der Waals surface area (Å²) >= 11 is 0. The highest BCUT2D eigenvalue weighted by Crippen LogP contribution is 2.12. The van der Waals surface area contributed by atoms with Crippen LogP contribution in [0.5, 0.6) is 5.75 Å². The second-order valence-electron chi connectivity index (χ2n) is 6.82. The molecule has 0 aliphatic heterocycles. The fourth-order valence-electron chi connectivity index (χ4n) is 2.66. The van der Waals surface area contributed by atoms with Gasteiger partial charge in [-0.2, -0.15) is 0 Å². The zero-order chi connectivity index (χ0) is 24.1. The lowest BCUT2D eigenvalue weighted by Gasteiger charge is -2.23. The zero-order valence-corrected chi connectivity index (χ0v) is 17.4. The molecule has 0 saturated carbocycles. The molecule has 32 heavy (non-hydrogen) atoms. The number of carbonyl (C=O) groups excluding carboxylic acids is 3. The number of phenolic OH excluding ortho intramolecular Hbond substituents is 1. The number of rotatable bonds is 13. The Balaban J connectivity index is 2.95. The molecule has 0 heterocycles. The number of aromatic hydroxyl groups is 1. The first-order valence-corrected chi connectivity index (χ1v) is 9.75. The Morgan fingerprint density at radius 3 is 2.22 bits per heavy atom. The van der Waals surface area contributed by atoms with Crippen molar-refractivity contribution >= 4 is 29.7 Å². The van der Waals surface area contributed by atoms with Gasteiger partial charge in [0.05, 0.1) is 6.54 Å². The van der Waals surface area contributed by atoms with Gasteiger partial charge in [-0.05, 0) is 30.5 Å². The molecule has 0 spiro atoms. The van der Waals surface area contributed by atoms with E-state index in [1.807, 2.05) is 0 Å². The molecule has 0 aromatic heterocycles. The van der Waals surface area contributed by atoms with Crippen LogP contribution in [-0.2, 0) is 25.6 Å². The number of benzene rings is 1. The average molecular weight is 451 g/mol. The van der Waals surface area contributed by atoms with E-state index in [2.05, 4.69) is 20.9 Å². The minimum absolute atomic E-state index is 0.0169. The largest absolute Gasteiger partial charge is 0.508 e. The Morgan fingerprint density at radius 1 is 1.00 bits per heavy atom. The van der Waals surface area contributed by atoms with Gasteiger partial charge >= 0.3 is 5.97 Å². The summed E-state index contributed by atoms with van der Waals surface area (Å²) in [6.45, 7) is -0.749. The third-order valence-electron chi connectivity index (χ3n) is 4.21. The highest BCUT2D eigenvalue weighted by Gasteiger charge is 2.27. The zero-order valence-electron chi connectivity index (χ0n) is 17.4. The Bertz CT molecular complexity index is 824. The van der Waals surface area contributed by atoms with Crippen molar-refractivity contribution in [2.75, 3.05) is 19.6 Å². The van der Waals surface area contributed by atoms with Crippen molar-refractivity contribution in [3.8, 4) is 5.75 Å². The molecule has 0 radical (unpaired) electrons. The first-order chi connectivity index (χ1) is 15.1. The maximum absolute atomic E-state index is 12.8. The molecule has 1 aromatic rings. The Kier molecular flexibility index (Phi) is 11.0. The topological polar surface area (TPSA) is 235 Å². The molecule has 0 fully saturated rings. The smallest absolute Gasteiger partial charge is 0.322 e. The second-order valence-corrected chi connectivity index (χ2v) is 6.82. The van der Waals surface area contributed by atoms with Crippen molar-refractivity contribution in [1.82, 2.24) is 16.0 Å². The molecule has 176 valence electrons. The van der Waals surface area contributed by atoms with Crippen LogP contribution in [-0.4, -0.2) is 71.6 Å². The molecule has 1 aromatic carbocycles. The maximum Gasteiger partial charge on any atom is 0.322 e. The van der Waals surface area contributed by atoms with E-state index in [4.69, 9.17) is 22.3 Å². The number of guanidine groups is 1. The lowest BCUT2D eigenvalue weighted by Crippen LogP contribution is -2.55. The third-order valence-corrected chi connectivity index (χ3v) is 4.21. The first kappa shape index (κ1) is 26.2. The molecule has 13 heteroatoms. The normalized spacial score (nSPS) is 12.2. The van der Waals surface area contributed by atoms with Crippen LogP contribution in [0.2, 0.25) is 0 Å². The lowest BCUT2D eigenvalue weighted by molar-refractivity contribution is -0.138. The highest BCUT2D eigenvalue weighted by atomic mass is 16.4. The van der Waals surface area contributed by atoms with Crippen molar-refractivity contribution in [3.05, 3.63) is 29.8 Å². The highest BCUT2D eigenvalue weighted by molar-refractivity contribution is 5.93. The SMILES string of the molecule is NCC(=O)NC(CCCN=C(N)N)C(=O)NC(Cc1ccc(O)cc1)C(=O)NCC(=O)O. The maximum atomic E-state index is 12.8. The van der Waals surface area contributed by atoms with Gasteiger partial charge in [-0.3, -0.25) is 24.2 Å². The number of aliphatic imine (C=N–C) groups is 1. The van der Waals surface area contributed by atoms with E-state index in [0.717, 1.165) is 0 Å². The Hall–Kier alpha value is -3.87. The van der Waals surface area contributed by atoms with E-state index in [1.54, 1.807) is 12.1 Å². The summed E-state index contributed by atoms with van der Waals surface area (Å²) < 4.78 is 0. The first-order valence-electron chi connectivity index (χ1n) is 9.75. The predicted octanol–water partition coefficient (Wildman–Crippen LogP) is -2.88. The minimum Gasteiger partial charge on any atom is -0.508 e. The predicted molar refractivity (Wildman–Crippen MR) is 115 cm³/mol. The number of hydrogen-bond acceptors (Lipinski definition) is 7. The van der Waals surface area contributed by atoms with E-state index < -0.39 is 42.3 Å². The Morgan fingerprint density at radius 2 is 1.66 bits per heavy atom. The Labute approximate surface area is 184 Å². The van der Waals surface area contributed by atoms with Crippen LogP contribution in [0.1, 0.15) is 18.4 Å². The molecule has 2 unspecified atom stereocenters. The molecule has 0 aliphatic carbocycles. The van der Waals surface area contributed by atoms with Gasteiger partial charge in [-0.1, -0.05) is 12.1 Å². The number of carboxylic acids is 1. The number of carbonyl (C=O) groups is 4. The number of carboxylic acid groups (broad SMARTS) is 1. The van der Waals surface area contributed by atoms with E-state index in [0.29, 0.717) is 12.0 Å². The molecular weight excluding hydrogens is 422 g/mol. The molecule has 0 aliphatic rings. The average Bonchev–Trinajstić information content (AvgIpc) is 2.74. The third kappa shape index (κ3) is 10.2. The van der Waals surface area contributed by atoms with Gasteiger partial charge in [0.25, 0.3) is 0 Å². The van der Waals surface area contributed by atoms with Gasteiger partial charge in [0.15, 0.2) is 5.96 Å². The summed E-state index contributed by atoms with van der Waals surface area (Å²) in [4.78, 5) is 51.7. The quantitative estimate of drug-likeness (QED) is 0.0871. The summed E-state index contributed by atoms with van der Waals surface area (Å²) in [5, 5.41) is 25.5. The van der Waals surface area contributed by atoms with Crippen LogP contribution in [0.4, 0.5) is 0 Å². The van der Waals surface area contributed by atoms with Crippen LogP contribution >= 0.6 is 0 Å². The van der Waals surface area contributed by atoms with Crippen molar-refractivity contribution in [1.29, 1.82) is 0 Å². The molecule has 3 amide bonds. The van der Waals surface area contributed by atoms with Gasteiger partial charge < -0.3 is 43.4 Å². The number of nitrogens with one attached hydrogen (secondary N) is 3. The number of phenols is 1. The van der Waals surface area contributed by atoms with Gasteiger partial charge in [-0.15, -0.1) is 0 Å². The summed E-state index contributed by atoms with van der Waals surface area (Å²) in [5.41, 5.74) is 16.4. The second kappa shape index (κ2) is 13.4. The molecule has 13 nitrogen and oxygen atoms in total. The van der Waals surface area contributed by atoms with Crippen LogP contribution in [0.25, 0.3) is 0 Å². The molecule has 0 saturated heterocycles. The van der Waals surface area contributed by atoms with E-state index in [9.17, 15) is 24.3 Å². The number of nitrogens with zero attached hydrogens (tertiary/aromatic N) is 1. The monoisotopic (exact) mass is 451 g/mol. The summed E-state index contributed by atoms with van der Waals surface area (Å²) in [6, 6.07) is 3.79. The van der Waals surface area contributed by atoms with Gasteiger partial charge in [0, 0.05) is 13.0 Å². The summed E-state index contributed by atoms with van der Waals surface area (Å²) in [6.07, 6.45) is 0.536. The number of nitrogens with two attached hydrogens (primary N) is 3. The van der Waals surface area contributed by atoms with Crippen molar-refractivity contribution in [2.45, 2.75) is 31.3 Å². The number of hydrogen-bond donors (Lipinski definition) is 8. The van der Waals surface area contributed by atoms with E-state index in [-0.39, 0.29) is 37.6 Å².